The normalized spacial score (nSPS) is 17.4. The first kappa shape index (κ1) is 29.7. The number of rotatable bonds is 6. The van der Waals surface area contributed by atoms with Gasteiger partial charge in [0.25, 0.3) is 0 Å². The molecule has 3 nitrogen and oxygen atoms in total. The molecule has 0 fully saturated rings. The number of nitrogens with zero attached hydrogens (tertiary/aromatic N) is 3. The van der Waals surface area contributed by atoms with Crippen LogP contribution in [0, 0.1) is 17.8 Å². The van der Waals surface area contributed by atoms with E-state index in [1.807, 2.05) is 12.3 Å². The van der Waals surface area contributed by atoms with Gasteiger partial charge in [0, 0.05) is 35.4 Å². The van der Waals surface area contributed by atoms with Crippen LogP contribution in [0.15, 0.2) is 168 Å². The lowest BCUT2D eigenvalue weighted by molar-refractivity contribution is 0.693. The molecule has 0 bridgehead atoms. The molecular weight excluding hydrogens is 607 g/mol. The monoisotopic (exact) mass is 639 g/mol. The van der Waals surface area contributed by atoms with Crippen molar-refractivity contribution in [3.63, 3.8) is 0 Å². The molecule has 0 amide bonds. The van der Waals surface area contributed by atoms with Crippen LogP contribution in [0.25, 0.3) is 61.4 Å². The highest BCUT2D eigenvalue weighted by Gasteiger charge is 2.25. The first-order chi connectivity index (χ1) is 24.7. The van der Waals surface area contributed by atoms with E-state index < -0.39 is 0 Å². The molecule has 3 aliphatic rings. The number of aromatic nitrogens is 2. The molecule has 0 saturated heterocycles. The molecule has 2 aliphatic carbocycles. The van der Waals surface area contributed by atoms with Crippen LogP contribution < -0.4 is 0 Å². The van der Waals surface area contributed by atoms with Crippen LogP contribution in [-0.2, 0) is 0 Å². The van der Waals surface area contributed by atoms with Gasteiger partial charge in [-0.05, 0) is 80.9 Å². The van der Waals surface area contributed by atoms with Crippen molar-refractivity contribution in [2.75, 3.05) is 6.54 Å². The van der Waals surface area contributed by atoms with Crippen molar-refractivity contribution in [3.8, 4) is 56.9 Å². The van der Waals surface area contributed by atoms with Crippen LogP contribution in [0.1, 0.15) is 23.5 Å². The Kier molecular flexibility index (Phi) is 7.68. The van der Waals surface area contributed by atoms with Gasteiger partial charge in [-0.2, -0.15) is 0 Å². The Balaban J connectivity index is 1.11. The van der Waals surface area contributed by atoms with Crippen molar-refractivity contribution in [1.82, 2.24) is 9.97 Å². The largest absolute Gasteiger partial charge is 0.292 e. The summed E-state index contributed by atoms with van der Waals surface area (Å²) in [6.45, 7) is 0.860. The topological polar surface area (TPSA) is 38.1 Å². The zero-order valence-corrected chi connectivity index (χ0v) is 27.5. The van der Waals surface area contributed by atoms with Gasteiger partial charge in [-0.1, -0.05) is 139 Å². The average molecular weight is 640 g/mol. The molecule has 1 aliphatic heterocycles. The molecule has 0 saturated carbocycles. The van der Waals surface area contributed by atoms with Crippen LogP contribution in [0.4, 0.5) is 0 Å². The second-order valence-electron chi connectivity index (χ2n) is 13.0. The van der Waals surface area contributed by atoms with Crippen molar-refractivity contribution in [3.05, 3.63) is 174 Å². The molecule has 2 atom stereocenters. The maximum absolute atomic E-state index is 5.19. The van der Waals surface area contributed by atoms with E-state index in [0.29, 0.717) is 5.82 Å². The molecule has 2 heterocycles. The van der Waals surface area contributed by atoms with Gasteiger partial charge in [0.1, 0.15) is 0 Å². The highest BCUT2D eigenvalue weighted by atomic mass is 14.9. The van der Waals surface area contributed by atoms with Crippen molar-refractivity contribution in [2.24, 2.45) is 10.9 Å². The van der Waals surface area contributed by atoms with Gasteiger partial charge < -0.3 is 0 Å². The fourth-order valence-corrected chi connectivity index (χ4v) is 7.11. The molecule has 50 heavy (non-hydrogen) atoms. The average Bonchev–Trinajstić information content (AvgIpc) is 3.21. The minimum Gasteiger partial charge on any atom is -0.292 e. The summed E-state index contributed by atoms with van der Waals surface area (Å²) in [6.07, 6.45) is 15.9. The van der Waals surface area contributed by atoms with E-state index in [0.717, 1.165) is 46.6 Å². The summed E-state index contributed by atoms with van der Waals surface area (Å²) in [5, 5.41) is 2.47. The van der Waals surface area contributed by atoms with E-state index in [-0.39, 0.29) is 11.8 Å². The highest BCUT2D eigenvalue weighted by Crippen LogP contribution is 2.37. The molecular formula is C47H33N3. The van der Waals surface area contributed by atoms with E-state index in [1.54, 1.807) is 0 Å². The number of fused-ring (bicyclic) bond motifs is 2. The SMILES string of the molecule is C1#CC2C(=CC=CC2c2ccc(-c3nc(-c4ccc(C5=CCCN=C5)cc4)cc(-c4cccc(-c5ccc6ccccc6c5)c4)n3)cc2)C=C1. The molecule has 6 aromatic rings. The molecule has 0 radical (unpaired) electrons. The van der Waals surface area contributed by atoms with E-state index >= 15 is 0 Å². The summed E-state index contributed by atoms with van der Waals surface area (Å²) in [6, 6.07) is 43.3. The maximum atomic E-state index is 5.19. The van der Waals surface area contributed by atoms with Gasteiger partial charge in [-0.3, -0.25) is 4.99 Å². The number of aliphatic imine (C=N–C) groups is 1. The third kappa shape index (κ3) is 5.82. The Morgan fingerprint density at radius 1 is 0.620 bits per heavy atom. The molecule has 1 aromatic heterocycles. The molecule has 9 rings (SSSR count). The Morgan fingerprint density at radius 3 is 2.20 bits per heavy atom. The minimum absolute atomic E-state index is 0.176. The zero-order valence-electron chi connectivity index (χ0n) is 27.5. The quantitative estimate of drug-likeness (QED) is 0.170. The molecule has 0 spiro atoms. The van der Waals surface area contributed by atoms with Crippen molar-refractivity contribution >= 4 is 22.6 Å². The zero-order chi connectivity index (χ0) is 33.3. The number of hydrogen-bond acceptors (Lipinski definition) is 3. The first-order valence-corrected chi connectivity index (χ1v) is 17.2. The van der Waals surface area contributed by atoms with Crippen LogP contribution in [-0.4, -0.2) is 22.7 Å². The van der Waals surface area contributed by atoms with Gasteiger partial charge >= 0.3 is 0 Å². The van der Waals surface area contributed by atoms with Crippen molar-refractivity contribution in [1.29, 1.82) is 0 Å². The van der Waals surface area contributed by atoms with Gasteiger partial charge in [0.2, 0.25) is 0 Å². The van der Waals surface area contributed by atoms with Gasteiger partial charge in [-0.25, -0.2) is 9.97 Å². The van der Waals surface area contributed by atoms with E-state index in [1.165, 1.54) is 38.6 Å². The number of benzene rings is 5. The number of allylic oxidation sites excluding steroid dienone is 7. The molecule has 2 unspecified atom stereocenters. The third-order valence-corrected chi connectivity index (χ3v) is 9.81. The molecule has 0 N–H and O–H groups in total. The molecule has 3 heteroatoms. The predicted molar refractivity (Wildman–Crippen MR) is 208 cm³/mol. The van der Waals surface area contributed by atoms with Crippen LogP contribution in [0.2, 0.25) is 0 Å². The van der Waals surface area contributed by atoms with E-state index in [9.17, 15) is 0 Å². The van der Waals surface area contributed by atoms with Gasteiger partial charge in [0.15, 0.2) is 5.82 Å². The van der Waals surface area contributed by atoms with Crippen LogP contribution >= 0.6 is 0 Å². The second kappa shape index (κ2) is 12.9. The third-order valence-electron chi connectivity index (χ3n) is 9.81. The van der Waals surface area contributed by atoms with E-state index in [2.05, 4.69) is 169 Å². The number of dihydropyridines is 1. The minimum atomic E-state index is 0.176. The predicted octanol–water partition coefficient (Wildman–Crippen LogP) is 10.9. The van der Waals surface area contributed by atoms with Crippen molar-refractivity contribution < 1.29 is 0 Å². The standard InChI is InChI=1S/C47H33N3/c1-2-10-38-28-40(26-19-32(38)8-1)39-12-5-13-41(29-39)46-30-45(36-22-17-33(18-23-36)42-14-7-27-48-31-42)49-47(50-46)37-24-20-35(21-25-37)44-16-6-11-34-9-3-4-15-43(34)44/h1-3,5-6,8-14,16-26,28-31,43-44H,7,27H2. The summed E-state index contributed by atoms with van der Waals surface area (Å²) in [5.74, 6) is 7.69. The van der Waals surface area contributed by atoms with Crippen LogP contribution in [0.3, 0.4) is 0 Å². The van der Waals surface area contributed by atoms with Gasteiger partial charge in [-0.15, -0.1) is 0 Å². The highest BCUT2D eigenvalue weighted by molar-refractivity contribution is 6.10. The smallest absolute Gasteiger partial charge is 0.160 e. The summed E-state index contributed by atoms with van der Waals surface area (Å²) >= 11 is 0. The molecule has 236 valence electrons. The fraction of sp³-hybridized carbons (Fsp3) is 0.0851. The fourth-order valence-electron chi connectivity index (χ4n) is 7.11. The summed E-state index contributed by atoms with van der Waals surface area (Å²) in [4.78, 5) is 14.8. The lowest BCUT2D eigenvalue weighted by Crippen LogP contribution is -2.15. The van der Waals surface area contributed by atoms with Crippen LogP contribution in [0.5, 0.6) is 0 Å². The lowest BCUT2D eigenvalue weighted by Gasteiger charge is -2.25. The number of hydrogen-bond donors (Lipinski definition) is 0. The van der Waals surface area contributed by atoms with Gasteiger partial charge in [0.05, 0.1) is 17.3 Å². The second-order valence-corrected chi connectivity index (χ2v) is 13.0. The summed E-state index contributed by atoms with van der Waals surface area (Å²) in [5.41, 5.74) is 12.0. The Hall–Kier alpha value is -6.37. The van der Waals surface area contributed by atoms with E-state index in [4.69, 9.17) is 9.97 Å². The first-order valence-electron chi connectivity index (χ1n) is 17.2. The molecule has 5 aromatic carbocycles. The summed E-state index contributed by atoms with van der Waals surface area (Å²) < 4.78 is 0. The maximum Gasteiger partial charge on any atom is 0.160 e. The Labute approximate surface area is 292 Å². The van der Waals surface area contributed by atoms with Crippen molar-refractivity contribution in [2.45, 2.75) is 12.3 Å². The summed E-state index contributed by atoms with van der Waals surface area (Å²) in [7, 11) is 0. The Bertz CT molecular complexity index is 2480. The lowest BCUT2D eigenvalue weighted by atomic mass is 9.77. The Morgan fingerprint density at radius 2 is 1.36 bits per heavy atom.